The van der Waals surface area contributed by atoms with Crippen LogP contribution in [0.1, 0.15) is 19.4 Å². The number of nitrogens with one attached hydrogen (secondary N) is 1. The Balaban J connectivity index is 1.99. The van der Waals surface area contributed by atoms with Crippen molar-refractivity contribution in [2.45, 2.75) is 13.8 Å². The number of imide groups is 1. The lowest BCUT2D eigenvalue weighted by atomic mass is 10.0. The third-order valence-corrected chi connectivity index (χ3v) is 4.77. The predicted octanol–water partition coefficient (Wildman–Crippen LogP) is 0.992. The van der Waals surface area contributed by atoms with Gasteiger partial charge in [0.2, 0.25) is 5.91 Å². The van der Waals surface area contributed by atoms with Crippen LogP contribution >= 0.6 is 0 Å². The van der Waals surface area contributed by atoms with Gasteiger partial charge in [-0.05, 0) is 31.7 Å². The molecule has 7 heteroatoms. The number of amides is 3. The quantitative estimate of drug-likeness (QED) is 0.815. The van der Waals surface area contributed by atoms with Crippen molar-refractivity contribution in [3.8, 4) is 0 Å². The summed E-state index contributed by atoms with van der Waals surface area (Å²) in [4.78, 5) is 42.4. The smallest absolute Gasteiger partial charge is 0.277 e. The lowest BCUT2D eigenvalue weighted by Gasteiger charge is -2.34. The summed E-state index contributed by atoms with van der Waals surface area (Å²) in [6, 6.07) is 7.05. The van der Waals surface area contributed by atoms with E-state index in [0.717, 1.165) is 26.2 Å². The van der Waals surface area contributed by atoms with Crippen LogP contribution in [0.25, 0.3) is 5.57 Å². The second kappa shape index (κ2) is 7.29. The molecule has 2 heterocycles. The summed E-state index contributed by atoms with van der Waals surface area (Å²) in [7, 11) is 2.05. The van der Waals surface area contributed by atoms with Crippen LogP contribution < -0.4 is 5.32 Å². The first-order valence-corrected chi connectivity index (χ1v) is 8.84. The van der Waals surface area contributed by atoms with Crippen LogP contribution in [-0.2, 0) is 14.4 Å². The highest BCUT2D eigenvalue weighted by Crippen LogP contribution is 2.32. The summed E-state index contributed by atoms with van der Waals surface area (Å²) < 4.78 is 0. The molecule has 0 aromatic heterocycles. The van der Waals surface area contributed by atoms with Crippen LogP contribution in [0, 0.1) is 0 Å². The second-order valence-electron chi connectivity index (χ2n) is 6.63. The number of rotatable bonds is 4. The van der Waals surface area contributed by atoms with E-state index >= 15 is 0 Å². The minimum absolute atomic E-state index is 0.153. The fraction of sp³-hybridized carbons (Fsp3) is 0.421. The summed E-state index contributed by atoms with van der Waals surface area (Å²) >= 11 is 0. The topological polar surface area (TPSA) is 73.0 Å². The molecule has 0 aliphatic carbocycles. The van der Waals surface area contributed by atoms with Gasteiger partial charge in [-0.2, -0.15) is 0 Å². The minimum atomic E-state index is -0.251. The molecule has 3 rings (SSSR count). The first-order valence-electron chi connectivity index (χ1n) is 8.84. The standard InChI is InChI=1S/C19H24N4O3/c1-4-23-18(25)16(14-5-7-15(8-6-14)20-13(2)24)17(19(23)26)22-11-9-21(3)10-12-22/h5-8H,4,9-12H2,1-3H3,(H,20,24). The molecule has 1 aromatic carbocycles. The van der Waals surface area contributed by atoms with E-state index in [9.17, 15) is 14.4 Å². The Labute approximate surface area is 153 Å². The number of hydrogen-bond donors (Lipinski definition) is 1. The molecule has 2 aliphatic rings. The number of nitrogens with zero attached hydrogens (tertiary/aromatic N) is 3. The van der Waals surface area contributed by atoms with E-state index in [2.05, 4.69) is 10.2 Å². The average molecular weight is 356 g/mol. The maximum atomic E-state index is 12.9. The van der Waals surface area contributed by atoms with Gasteiger partial charge in [-0.25, -0.2) is 0 Å². The van der Waals surface area contributed by atoms with Gasteiger partial charge in [0.25, 0.3) is 11.8 Å². The SMILES string of the molecule is CCN1C(=O)C(c2ccc(NC(C)=O)cc2)=C(N2CCN(C)CC2)C1=O. The number of piperazine rings is 1. The van der Waals surface area contributed by atoms with E-state index in [0.29, 0.717) is 29.1 Å². The third kappa shape index (κ3) is 3.35. The van der Waals surface area contributed by atoms with E-state index < -0.39 is 0 Å². The van der Waals surface area contributed by atoms with Gasteiger partial charge >= 0.3 is 0 Å². The van der Waals surface area contributed by atoms with E-state index in [-0.39, 0.29) is 17.7 Å². The van der Waals surface area contributed by atoms with Crippen molar-refractivity contribution < 1.29 is 14.4 Å². The van der Waals surface area contributed by atoms with Crippen LogP contribution in [0.4, 0.5) is 5.69 Å². The zero-order valence-corrected chi connectivity index (χ0v) is 15.4. The molecule has 138 valence electrons. The fourth-order valence-corrected chi connectivity index (χ4v) is 3.36. The summed E-state index contributed by atoms with van der Waals surface area (Å²) in [5.41, 5.74) is 2.31. The number of carbonyl (C=O) groups excluding carboxylic acids is 3. The Bertz CT molecular complexity index is 761. The molecule has 1 N–H and O–H groups in total. The molecule has 1 aromatic rings. The van der Waals surface area contributed by atoms with E-state index in [1.54, 1.807) is 31.2 Å². The molecule has 0 radical (unpaired) electrons. The number of hydrogen-bond acceptors (Lipinski definition) is 5. The van der Waals surface area contributed by atoms with Gasteiger partial charge < -0.3 is 15.1 Å². The molecule has 0 atom stereocenters. The molecule has 0 unspecified atom stereocenters. The van der Waals surface area contributed by atoms with Crippen molar-refractivity contribution in [1.82, 2.24) is 14.7 Å². The average Bonchev–Trinajstić information content (AvgIpc) is 2.86. The Kier molecular flexibility index (Phi) is 5.08. The molecule has 0 bridgehead atoms. The third-order valence-electron chi connectivity index (χ3n) is 4.77. The molecule has 0 saturated carbocycles. The van der Waals surface area contributed by atoms with Crippen molar-refractivity contribution >= 4 is 29.0 Å². The molecular formula is C19H24N4O3. The number of carbonyl (C=O) groups is 3. The Morgan fingerprint density at radius 3 is 2.19 bits per heavy atom. The second-order valence-corrected chi connectivity index (χ2v) is 6.63. The van der Waals surface area contributed by atoms with Crippen LogP contribution in [0.3, 0.4) is 0 Å². The first kappa shape index (κ1) is 18.1. The number of benzene rings is 1. The molecule has 3 amide bonds. The molecule has 1 fully saturated rings. The molecule has 26 heavy (non-hydrogen) atoms. The molecule has 2 aliphatic heterocycles. The zero-order chi connectivity index (χ0) is 18.8. The lowest BCUT2D eigenvalue weighted by molar-refractivity contribution is -0.137. The van der Waals surface area contributed by atoms with Gasteiger partial charge in [0.15, 0.2) is 0 Å². The minimum Gasteiger partial charge on any atom is -0.364 e. The largest absolute Gasteiger partial charge is 0.364 e. The van der Waals surface area contributed by atoms with Gasteiger partial charge in [-0.1, -0.05) is 12.1 Å². The summed E-state index contributed by atoms with van der Waals surface area (Å²) in [6.07, 6.45) is 0. The van der Waals surface area contributed by atoms with Crippen LogP contribution in [0.15, 0.2) is 30.0 Å². The first-order chi connectivity index (χ1) is 12.4. The van der Waals surface area contributed by atoms with Crippen LogP contribution in [0.2, 0.25) is 0 Å². The maximum Gasteiger partial charge on any atom is 0.277 e. The van der Waals surface area contributed by atoms with Crippen LogP contribution in [0.5, 0.6) is 0 Å². The van der Waals surface area contributed by atoms with Gasteiger partial charge in [-0.15, -0.1) is 0 Å². The Hall–Kier alpha value is -2.67. The number of anilines is 1. The Morgan fingerprint density at radius 2 is 1.65 bits per heavy atom. The van der Waals surface area contributed by atoms with Gasteiger partial charge in [0.1, 0.15) is 5.70 Å². The highest BCUT2D eigenvalue weighted by atomic mass is 16.2. The number of likely N-dealkylation sites (N-methyl/N-ethyl adjacent to an activating group) is 2. The van der Waals surface area contributed by atoms with E-state index in [1.165, 1.54) is 11.8 Å². The summed E-state index contributed by atoms with van der Waals surface area (Å²) in [6.45, 7) is 6.74. The monoisotopic (exact) mass is 356 g/mol. The van der Waals surface area contributed by atoms with E-state index in [1.807, 2.05) is 11.9 Å². The normalized spacial score (nSPS) is 18.7. The van der Waals surface area contributed by atoms with Gasteiger partial charge in [-0.3, -0.25) is 19.3 Å². The highest BCUT2D eigenvalue weighted by molar-refractivity contribution is 6.35. The Morgan fingerprint density at radius 1 is 1.04 bits per heavy atom. The molecule has 7 nitrogen and oxygen atoms in total. The zero-order valence-electron chi connectivity index (χ0n) is 15.4. The highest BCUT2D eigenvalue weighted by Gasteiger charge is 2.41. The maximum absolute atomic E-state index is 12.9. The van der Waals surface area contributed by atoms with Crippen molar-refractivity contribution in [2.75, 3.05) is 45.1 Å². The molecular weight excluding hydrogens is 332 g/mol. The molecule has 1 saturated heterocycles. The van der Waals surface area contributed by atoms with Crippen molar-refractivity contribution in [1.29, 1.82) is 0 Å². The predicted molar refractivity (Wildman–Crippen MR) is 99.1 cm³/mol. The summed E-state index contributed by atoms with van der Waals surface area (Å²) in [5.74, 6) is -0.624. The summed E-state index contributed by atoms with van der Waals surface area (Å²) in [5, 5.41) is 2.71. The van der Waals surface area contributed by atoms with Gasteiger partial charge in [0, 0.05) is 45.3 Å². The van der Waals surface area contributed by atoms with Crippen molar-refractivity contribution in [3.05, 3.63) is 35.5 Å². The molecule has 0 spiro atoms. The fourth-order valence-electron chi connectivity index (χ4n) is 3.36. The van der Waals surface area contributed by atoms with Crippen molar-refractivity contribution in [2.24, 2.45) is 0 Å². The van der Waals surface area contributed by atoms with Crippen LogP contribution in [-0.4, -0.2) is 72.2 Å². The van der Waals surface area contributed by atoms with Crippen molar-refractivity contribution in [3.63, 3.8) is 0 Å². The van der Waals surface area contributed by atoms with E-state index in [4.69, 9.17) is 0 Å². The lowest BCUT2D eigenvalue weighted by Crippen LogP contribution is -2.46. The van der Waals surface area contributed by atoms with Gasteiger partial charge in [0.05, 0.1) is 5.57 Å².